The second kappa shape index (κ2) is 7.70. The maximum absolute atomic E-state index is 10.2. The molecule has 1 aromatic carbocycles. The molecule has 4 nitrogen and oxygen atoms in total. The molecule has 0 aromatic heterocycles. The Morgan fingerprint density at radius 1 is 1.19 bits per heavy atom. The number of ether oxygens (including phenoxy) is 2. The lowest BCUT2D eigenvalue weighted by atomic mass is 10.3. The summed E-state index contributed by atoms with van der Waals surface area (Å²) in [6.45, 7) is 3.98. The molecule has 0 aliphatic heterocycles. The van der Waals surface area contributed by atoms with Crippen molar-refractivity contribution < 1.29 is 14.3 Å². The summed E-state index contributed by atoms with van der Waals surface area (Å²) in [7, 11) is 0. The Hall–Kier alpha value is -1.55. The van der Waals surface area contributed by atoms with Crippen LogP contribution in [0.2, 0.25) is 0 Å². The Balaban J connectivity index is 2.23. The molecule has 0 heterocycles. The minimum Gasteiger partial charge on any atom is -0.491 e. The van der Waals surface area contributed by atoms with Gasteiger partial charge in [0.05, 0.1) is 6.61 Å². The predicted molar refractivity (Wildman–Crippen MR) is 62.7 cm³/mol. The summed E-state index contributed by atoms with van der Waals surface area (Å²) in [5.41, 5.74) is 0.754. The fourth-order valence-electron chi connectivity index (χ4n) is 1.18. The molecule has 88 valence electrons. The molecule has 4 heteroatoms. The zero-order valence-electron chi connectivity index (χ0n) is 9.44. The molecule has 0 unspecified atom stereocenters. The van der Waals surface area contributed by atoms with E-state index in [-0.39, 0.29) is 0 Å². The maximum Gasteiger partial charge on any atom is 0.211 e. The van der Waals surface area contributed by atoms with Crippen LogP contribution in [0.15, 0.2) is 24.3 Å². The second-order valence-electron chi connectivity index (χ2n) is 3.25. The fraction of sp³-hybridized carbons (Fsp3) is 0.417. The van der Waals surface area contributed by atoms with Crippen molar-refractivity contribution >= 4 is 12.1 Å². The third kappa shape index (κ3) is 4.79. The third-order valence-corrected chi connectivity index (χ3v) is 1.92. The number of anilines is 1. The van der Waals surface area contributed by atoms with Crippen LogP contribution >= 0.6 is 0 Å². The normalized spacial score (nSPS) is 9.81. The summed E-state index contributed by atoms with van der Waals surface area (Å²) in [6, 6.07) is 7.20. The highest BCUT2D eigenvalue weighted by molar-refractivity contribution is 5.71. The first-order valence-corrected chi connectivity index (χ1v) is 5.37. The van der Waals surface area contributed by atoms with Crippen molar-refractivity contribution in [2.75, 3.05) is 25.1 Å². The van der Waals surface area contributed by atoms with E-state index >= 15 is 0 Å². The highest BCUT2D eigenvalue weighted by atomic mass is 16.5. The standard InChI is InChI=1S/C12H17NO3/c1-2-7-15-8-9-16-12-5-3-11(4-6-12)13-10-14/h3-6,10H,2,7-9H2,1H3,(H,13,14). The van der Waals surface area contributed by atoms with Crippen molar-refractivity contribution in [1.82, 2.24) is 0 Å². The summed E-state index contributed by atoms with van der Waals surface area (Å²) in [5.74, 6) is 0.775. The number of hydrogen-bond acceptors (Lipinski definition) is 3. The van der Waals surface area contributed by atoms with E-state index in [9.17, 15) is 4.79 Å². The van der Waals surface area contributed by atoms with Gasteiger partial charge in [-0.2, -0.15) is 0 Å². The van der Waals surface area contributed by atoms with Crippen LogP contribution in [0.1, 0.15) is 13.3 Å². The highest BCUT2D eigenvalue weighted by Crippen LogP contribution is 2.14. The molecule has 0 aliphatic rings. The van der Waals surface area contributed by atoms with E-state index in [4.69, 9.17) is 9.47 Å². The zero-order chi connectivity index (χ0) is 11.6. The fourth-order valence-corrected chi connectivity index (χ4v) is 1.18. The Morgan fingerprint density at radius 2 is 1.94 bits per heavy atom. The van der Waals surface area contributed by atoms with Crippen molar-refractivity contribution in [2.45, 2.75) is 13.3 Å². The minimum atomic E-state index is 0.542. The van der Waals surface area contributed by atoms with E-state index in [1.165, 1.54) is 0 Å². The SMILES string of the molecule is CCCOCCOc1ccc(NC=O)cc1. The largest absolute Gasteiger partial charge is 0.491 e. The summed E-state index contributed by atoms with van der Waals surface area (Å²) in [6.07, 6.45) is 1.67. The molecule has 0 spiro atoms. The Kier molecular flexibility index (Phi) is 6.03. The molecular formula is C12H17NO3. The molecule has 0 fully saturated rings. The van der Waals surface area contributed by atoms with Gasteiger partial charge in [-0.05, 0) is 30.7 Å². The highest BCUT2D eigenvalue weighted by Gasteiger charge is 1.94. The van der Waals surface area contributed by atoms with Crippen LogP contribution in [0.4, 0.5) is 5.69 Å². The van der Waals surface area contributed by atoms with Gasteiger partial charge in [-0.1, -0.05) is 6.92 Å². The predicted octanol–water partition coefficient (Wildman–Crippen LogP) is 2.06. The Bertz CT molecular complexity index is 298. The summed E-state index contributed by atoms with van der Waals surface area (Å²) < 4.78 is 10.7. The van der Waals surface area contributed by atoms with Crippen molar-refractivity contribution in [3.05, 3.63) is 24.3 Å². The molecule has 0 radical (unpaired) electrons. The molecule has 1 aromatic rings. The number of carbonyl (C=O) groups excluding carboxylic acids is 1. The van der Waals surface area contributed by atoms with Gasteiger partial charge >= 0.3 is 0 Å². The Morgan fingerprint density at radius 3 is 2.56 bits per heavy atom. The third-order valence-electron chi connectivity index (χ3n) is 1.92. The van der Waals surface area contributed by atoms with Gasteiger partial charge in [0.2, 0.25) is 6.41 Å². The van der Waals surface area contributed by atoms with E-state index in [1.807, 2.05) is 12.1 Å². The average molecular weight is 223 g/mol. The Labute approximate surface area is 95.6 Å². The van der Waals surface area contributed by atoms with Gasteiger partial charge in [0.1, 0.15) is 12.4 Å². The lowest BCUT2D eigenvalue weighted by Crippen LogP contribution is -2.07. The number of amides is 1. The van der Waals surface area contributed by atoms with Crippen molar-refractivity contribution in [3.8, 4) is 5.75 Å². The zero-order valence-corrected chi connectivity index (χ0v) is 9.44. The van der Waals surface area contributed by atoms with Crippen LogP contribution in [0.25, 0.3) is 0 Å². The molecule has 16 heavy (non-hydrogen) atoms. The molecule has 0 saturated heterocycles. The molecule has 1 rings (SSSR count). The molecule has 0 atom stereocenters. The van der Waals surface area contributed by atoms with Gasteiger partial charge in [-0.25, -0.2) is 0 Å². The number of rotatable bonds is 8. The molecule has 1 N–H and O–H groups in total. The van der Waals surface area contributed by atoms with Crippen LogP contribution < -0.4 is 10.1 Å². The van der Waals surface area contributed by atoms with E-state index in [0.717, 1.165) is 24.5 Å². The minimum absolute atomic E-state index is 0.542. The smallest absolute Gasteiger partial charge is 0.211 e. The first kappa shape index (κ1) is 12.5. The first-order valence-electron chi connectivity index (χ1n) is 5.37. The first-order chi connectivity index (χ1) is 7.86. The van der Waals surface area contributed by atoms with E-state index in [1.54, 1.807) is 12.1 Å². The van der Waals surface area contributed by atoms with Crippen molar-refractivity contribution in [3.63, 3.8) is 0 Å². The number of carbonyl (C=O) groups is 1. The van der Waals surface area contributed by atoms with Gasteiger partial charge in [0, 0.05) is 12.3 Å². The lowest BCUT2D eigenvalue weighted by molar-refractivity contribution is -0.105. The van der Waals surface area contributed by atoms with Crippen LogP contribution in [0.5, 0.6) is 5.75 Å². The maximum atomic E-state index is 10.2. The summed E-state index contributed by atoms with van der Waals surface area (Å²) in [5, 5.41) is 2.56. The van der Waals surface area contributed by atoms with Crippen molar-refractivity contribution in [2.24, 2.45) is 0 Å². The van der Waals surface area contributed by atoms with E-state index in [0.29, 0.717) is 19.6 Å². The van der Waals surface area contributed by atoms with Crippen LogP contribution in [-0.4, -0.2) is 26.2 Å². The lowest BCUT2D eigenvalue weighted by Gasteiger charge is -2.07. The van der Waals surface area contributed by atoms with Gasteiger partial charge in [-0.3, -0.25) is 4.79 Å². The topological polar surface area (TPSA) is 47.6 Å². The second-order valence-corrected chi connectivity index (χ2v) is 3.25. The monoisotopic (exact) mass is 223 g/mol. The summed E-state index contributed by atoms with van der Waals surface area (Å²) in [4.78, 5) is 10.2. The van der Waals surface area contributed by atoms with Crippen molar-refractivity contribution in [1.29, 1.82) is 0 Å². The molecule has 0 aliphatic carbocycles. The molecule has 0 bridgehead atoms. The van der Waals surface area contributed by atoms with Crippen LogP contribution in [0.3, 0.4) is 0 Å². The number of nitrogens with one attached hydrogen (secondary N) is 1. The quantitative estimate of drug-likeness (QED) is 0.542. The number of benzene rings is 1. The van der Waals surface area contributed by atoms with Gasteiger partial charge in [-0.15, -0.1) is 0 Å². The van der Waals surface area contributed by atoms with Gasteiger partial charge in [0.15, 0.2) is 0 Å². The van der Waals surface area contributed by atoms with Gasteiger partial charge in [0.25, 0.3) is 0 Å². The molecular weight excluding hydrogens is 206 g/mol. The van der Waals surface area contributed by atoms with E-state index in [2.05, 4.69) is 12.2 Å². The van der Waals surface area contributed by atoms with Crippen LogP contribution in [-0.2, 0) is 9.53 Å². The molecule has 1 amide bonds. The van der Waals surface area contributed by atoms with Gasteiger partial charge < -0.3 is 14.8 Å². The number of hydrogen-bond donors (Lipinski definition) is 1. The van der Waals surface area contributed by atoms with Crippen LogP contribution in [0, 0.1) is 0 Å². The summed E-state index contributed by atoms with van der Waals surface area (Å²) >= 11 is 0. The molecule has 0 saturated carbocycles. The average Bonchev–Trinajstić information content (AvgIpc) is 2.31. The van der Waals surface area contributed by atoms with E-state index < -0.39 is 0 Å².